The zero-order valence-corrected chi connectivity index (χ0v) is 18.0. The van der Waals surface area contributed by atoms with Crippen LogP contribution in [-0.2, 0) is 4.74 Å². The predicted octanol–water partition coefficient (Wildman–Crippen LogP) is 8.13. The van der Waals surface area contributed by atoms with Gasteiger partial charge in [0.1, 0.15) is 0 Å². The minimum Gasteiger partial charge on any atom is -0.388 e. The highest BCUT2D eigenvalue weighted by Gasteiger charge is 1.58. The number of ether oxygens (including phenoxy) is 1. The number of hydrogen-bond acceptors (Lipinski definition) is 1. The van der Waals surface area contributed by atoms with Gasteiger partial charge in [-0.3, -0.25) is 0 Å². The molecule has 0 aromatic heterocycles. The molecule has 0 saturated carbocycles. The van der Waals surface area contributed by atoms with Crippen molar-refractivity contribution in [3.05, 3.63) is 72.8 Å². The highest BCUT2D eigenvalue weighted by molar-refractivity contribution is 4.99. The van der Waals surface area contributed by atoms with Gasteiger partial charge in [-0.15, -0.1) is 0 Å². The van der Waals surface area contributed by atoms with E-state index in [2.05, 4.69) is 18.6 Å². The van der Waals surface area contributed by atoms with Gasteiger partial charge in [-0.25, -0.2) is 0 Å². The van der Waals surface area contributed by atoms with Gasteiger partial charge in [0.05, 0.1) is 0 Å². The number of methoxy groups -OCH3 is 1. The topological polar surface area (TPSA) is 9.23 Å². The fourth-order valence-corrected chi connectivity index (χ4v) is 0.770. The first kappa shape index (κ1) is 33.9. The molecular weight excluding hydrogens is 292 g/mol. The van der Waals surface area contributed by atoms with E-state index in [0.29, 0.717) is 0 Å². The second-order valence-electron chi connectivity index (χ2n) is 3.42. The molecule has 0 N–H and O–H groups in total. The van der Waals surface area contributed by atoms with Crippen molar-refractivity contribution in [3.8, 4) is 0 Å². The summed E-state index contributed by atoms with van der Waals surface area (Å²) in [6.07, 6.45) is 1.25. The molecule has 24 heavy (non-hydrogen) atoms. The molecule has 2 aromatic carbocycles. The maximum absolute atomic E-state index is 4.25. The highest BCUT2D eigenvalue weighted by Crippen LogP contribution is 1.80. The Morgan fingerprint density at radius 2 is 0.458 bits per heavy atom. The van der Waals surface area contributed by atoms with Gasteiger partial charge in [0.25, 0.3) is 0 Å². The summed E-state index contributed by atoms with van der Waals surface area (Å²) in [6.45, 7) is 16.2. The first-order valence-corrected chi connectivity index (χ1v) is 9.23. The van der Waals surface area contributed by atoms with Crippen molar-refractivity contribution in [2.75, 3.05) is 14.2 Å². The molecule has 2 aromatic rings. The molecule has 0 atom stereocenters. The molecule has 142 valence electrons. The summed E-state index contributed by atoms with van der Waals surface area (Å²) >= 11 is 0. The fraction of sp³-hybridized carbons (Fsp3) is 0.478. The average molecular weight is 337 g/mol. The van der Waals surface area contributed by atoms with Gasteiger partial charge >= 0.3 is 0 Å². The van der Waals surface area contributed by atoms with E-state index >= 15 is 0 Å². The van der Waals surface area contributed by atoms with Crippen LogP contribution < -0.4 is 0 Å². The van der Waals surface area contributed by atoms with Crippen molar-refractivity contribution in [1.82, 2.24) is 0 Å². The molecule has 0 saturated heterocycles. The van der Waals surface area contributed by atoms with Gasteiger partial charge in [0.2, 0.25) is 0 Å². The van der Waals surface area contributed by atoms with E-state index in [1.807, 2.05) is 114 Å². The lowest BCUT2D eigenvalue weighted by Gasteiger charge is -1.69. The smallest absolute Gasteiger partial charge is 0.0351 e. The molecule has 0 aliphatic heterocycles. The molecule has 0 bridgehead atoms. The van der Waals surface area contributed by atoms with Gasteiger partial charge in [-0.05, 0) is 0 Å². The van der Waals surface area contributed by atoms with Gasteiger partial charge in [-0.1, -0.05) is 135 Å². The number of hydrogen-bond donors (Lipinski definition) is 0. The van der Waals surface area contributed by atoms with Crippen LogP contribution >= 0.6 is 0 Å². The van der Waals surface area contributed by atoms with E-state index in [9.17, 15) is 0 Å². The summed E-state index contributed by atoms with van der Waals surface area (Å²) in [5.41, 5.74) is 0. The molecule has 2 rings (SSSR count). The van der Waals surface area contributed by atoms with Crippen molar-refractivity contribution in [3.63, 3.8) is 0 Å². The Kier molecular flexibility index (Phi) is 81.8. The van der Waals surface area contributed by atoms with Crippen LogP contribution in [0.25, 0.3) is 0 Å². The molecule has 0 spiro atoms. The van der Waals surface area contributed by atoms with Crippen LogP contribution in [0.3, 0.4) is 0 Å². The third-order valence-electron chi connectivity index (χ3n) is 1.33. The van der Waals surface area contributed by atoms with Crippen molar-refractivity contribution < 1.29 is 4.74 Å². The Balaban J connectivity index is -0.0000000629. The van der Waals surface area contributed by atoms with Crippen LogP contribution in [0.1, 0.15) is 61.8 Å². The molecule has 0 aliphatic carbocycles. The second kappa shape index (κ2) is 57.9. The van der Waals surface area contributed by atoms with Gasteiger partial charge in [0.15, 0.2) is 0 Å². The molecule has 1 nitrogen and oxygen atoms in total. The van der Waals surface area contributed by atoms with Gasteiger partial charge in [-0.2, -0.15) is 0 Å². The Bertz CT molecular complexity index is 205. The van der Waals surface area contributed by atoms with Crippen LogP contribution in [0, 0.1) is 0 Å². The molecule has 0 aliphatic rings. The standard InChI is InChI=1S/2C6H6.C3H8.C2H6O.3C2H6/c2*1-2-4-6-5-3-1;2*1-3-2;3*1-2/h2*1-6H;3H2,1-2H3;1-2H3;3*1-2H3. The first-order valence-electron chi connectivity index (χ1n) is 9.23. The Morgan fingerprint density at radius 3 is 0.500 bits per heavy atom. The van der Waals surface area contributed by atoms with Gasteiger partial charge in [0, 0.05) is 14.2 Å². The summed E-state index contributed by atoms with van der Waals surface area (Å²) in [4.78, 5) is 0. The molecule has 0 unspecified atom stereocenters. The largest absolute Gasteiger partial charge is 0.388 e. The predicted molar refractivity (Wildman–Crippen MR) is 116 cm³/mol. The zero-order valence-electron chi connectivity index (χ0n) is 18.0. The molecule has 0 fully saturated rings. The zero-order chi connectivity index (χ0) is 19.9. The van der Waals surface area contributed by atoms with Crippen molar-refractivity contribution >= 4 is 0 Å². The van der Waals surface area contributed by atoms with Gasteiger partial charge < -0.3 is 4.74 Å². The lowest BCUT2D eigenvalue weighted by Crippen LogP contribution is -1.55. The van der Waals surface area contributed by atoms with Crippen molar-refractivity contribution in [2.24, 2.45) is 0 Å². The van der Waals surface area contributed by atoms with Crippen LogP contribution in [0.15, 0.2) is 72.8 Å². The van der Waals surface area contributed by atoms with Crippen LogP contribution in [-0.4, -0.2) is 14.2 Å². The second-order valence-corrected chi connectivity index (χ2v) is 3.42. The average Bonchev–Trinajstić information content (AvgIpc) is 2.71. The summed E-state index contributed by atoms with van der Waals surface area (Å²) in [7, 11) is 3.25. The van der Waals surface area contributed by atoms with E-state index in [1.54, 1.807) is 14.2 Å². The minimum atomic E-state index is 1.25. The minimum absolute atomic E-state index is 1.25. The van der Waals surface area contributed by atoms with Crippen molar-refractivity contribution in [1.29, 1.82) is 0 Å². The summed E-state index contributed by atoms with van der Waals surface area (Å²) in [6, 6.07) is 24.0. The number of benzene rings is 2. The third-order valence-corrected chi connectivity index (χ3v) is 1.33. The van der Waals surface area contributed by atoms with E-state index in [4.69, 9.17) is 0 Å². The maximum Gasteiger partial charge on any atom is 0.0351 e. The molecular formula is C23H44O. The maximum atomic E-state index is 4.25. The number of rotatable bonds is 0. The third kappa shape index (κ3) is 71.0. The van der Waals surface area contributed by atoms with Crippen LogP contribution in [0.2, 0.25) is 0 Å². The Morgan fingerprint density at radius 1 is 0.417 bits per heavy atom. The van der Waals surface area contributed by atoms with E-state index in [1.165, 1.54) is 6.42 Å². The highest BCUT2D eigenvalue weighted by atomic mass is 16.4. The summed E-state index contributed by atoms with van der Waals surface area (Å²) in [5, 5.41) is 0. The Labute approximate surface area is 154 Å². The van der Waals surface area contributed by atoms with E-state index in [0.717, 1.165) is 0 Å². The monoisotopic (exact) mass is 336 g/mol. The summed E-state index contributed by atoms with van der Waals surface area (Å²) < 4.78 is 4.25. The quantitative estimate of drug-likeness (QED) is 0.472. The Hall–Kier alpha value is -1.60. The SMILES string of the molecule is CC.CC.CC.CCC.COC.c1ccccc1.c1ccccc1. The molecule has 0 amide bonds. The van der Waals surface area contributed by atoms with Crippen LogP contribution in [0.4, 0.5) is 0 Å². The molecule has 0 heterocycles. The van der Waals surface area contributed by atoms with Crippen molar-refractivity contribution in [2.45, 2.75) is 61.8 Å². The lowest BCUT2D eigenvalue weighted by molar-refractivity contribution is 0.277. The first-order chi connectivity index (χ1) is 11.8. The van der Waals surface area contributed by atoms with E-state index < -0.39 is 0 Å². The van der Waals surface area contributed by atoms with Crippen LogP contribution in [0.5, 0.6) is 0 Å². The lowest BCUT2D eigenvalue weighted by atomic mass is 10.4. The normalized spacial score (nSPS) is 6.25. The molecule has 0 radical (unpaired) electrons. The summed E-state index contributed by atoms with van der Waals surface area (Å²) in [5.74, 6) is 0. The fourth-order valence-electron chi connectivity index (χ4n) is 0.770. The van der Waals surface area contributed by atoms with E-state index in [-0.39, 0.29) is 0 Å². The molecule has 1 heteroatoms.